The van der Waals surface area contributed by atoms with E-state index in [2.05, 4.69) is 35.9 Å². The Labute approximate surface area is 144 Å². The average Bonchev–Trinajstić information content (AvgIpc) is 2.67. The van der Waals surface area contributed by atoms with Gasteiger partial charge in [0, 0.05) is 42.9 Å². The monoisotopic (exact) mass is 335 g/mol. The Morgan fingerprint density at radius 3 is 2.24 bits per heavy atom. The van der Waals surface area contributed by atoms with Crippen LogP contribution in [-0.2, 0) is 4.79 Å². The third kappa shape index (κ3) is 4.71. The van der Waals surface area contributed by atoms with Crippen molar-refractivity contribution in [1.29, 1.82) is 0 Å². The van der Waals surface area contributed by atoms with Crippen molar-refractivity contribution in [2.75, 3.05) is 29.0 Å². The number of amides is 1. The standard InChI is InChI=1S/C17H17N7O/c25-12-23-14-4-2-13(3-5-14)15-6-9-20-17(24-15)22-11-10-21-16-18-7-1-8-19-16/h1-9,12H,10-11H2,(H,23,25)(H,18,19,21)(H,20,22,24). The fraction of sp³-hybridized carbons (Fsp3) is 0.118. The molecule has 3 aromatic rings. The molecule has 0 aliphatic rings. The number of benzene rings is 1. The Kier molecular flexibility index (Phi) is 5.44. The smallest absolute Gasteiger partial charge is 0.223 e. The second-order valence-corrected chi connectivity index (χ2v) is 5.03. The van der Waals surface area contributed by atoms with Crippen molar-refractivity contribution in [1.82, 2.24) is 19.9 Å². The summed E-state index contributed by atoms with van der Waals surface area (Å²) in [5.74, 6) is 1.13. The summed E-state index contributed by atoms with van der Waals surface area (Å²) in [5, 5.41) is 8.86. The number of carbonyl (C=O) groups is 1. The number of rotatable bonds is 8. The van der Waals surface area contributed by atoms with Crippen LogP contribution in [0.2, 0.25) is 0 Å². The molecule has 0 radical (unpaired) electrons. The number of anilines is 3. The zero-order chi connectivity index (χ0) is 17.3. The molecule has 25 heavy (non-hydrogen) atoms. The Morgan fingerprint density at radius 2 is 1.52 bits per heavy atom. The van der Waals surface area contributed by atoms with E-state index in [1.165, 1.54) is 0 Å². The molecule has 3 rings (SSSR count). The summed E-state index contributed by atoms with van der Waals surface area (Å²) in [5.41, 5.74) is 2.48. The van der Waals surface area contributed by atoms with Gasteiger partial charge in [0.05, 0.1) is 5.69 Å². The molecule has 2 aromatic heterocycles. The first kappa shape index (κ1) is 16.3. The molecule has 8 heteroatoms. The van der Waals surface area contributed by atoms with Crippen LogP contribution < -0.4 is 16.0 Å². The minimum absolute atomic E-state index is 0.545. The molecule has 1 aromatic carbocycles. The zero-order valence-corrected chi connectivity index (χ0v) is 13.4. The topological polar surface area (TPSA) is 105 Å². The van der Waals surface area contributed by atoms with Crippen LogP contribution in [0.25, 0.3) is 11.3 Å². The lowest BCUT2D eigenvalue weighted by Gasteiger charge is -2.08. The highest BCUT2D eigenvalue weighted by molar-refractivity contribution is 5.73. The lowest BCUT2D eigenvalue weighted by atomic mass is 10.1. The van der Waals surface area contributed by atoms with Crippen LogP contribution >= 0.6 is 0 Å². The SMILES string of the molecule is O=CNc1ccc(-c2ccnc(NCCNc3ncccn3)n2)cc1. The van der Waals surface area contributed by atoms with E-state index in [1.54, 1.807) is 24.7 Å². The van der Waals surface area contributed by atoms with Gasteiger partial charge in [0.2, 0.25) is 18.3 Å². The molecule has 0 saturated heterocycles. The normalized spacial score (nSPS) is 10.1. The van der Waals surface area contributed by atoms with Gasteiger partial charge in [-0.3, -0.25) is 4.79 Å². The predicted molar refractivity (Wildman–Crippen MR) is 96.2 cm³/mol. The van der Waals surface area contributed by atoms with E-state index >= 15 is 0 Å². The number of aromatic nitrogens is 4. The van der Waals surface area contributed by atoms with Gasteiger partial charge in [0.15, 0.2) is 0 Å². The maximum absolute atomic E-state index is 10.4. The van der Waals surface area contributed by atoms with Gasteiger partial charge in [-0.25, -0.2) is 19.9 Å². The molecule has 0 spiro atoms. The maximum atomic E-state index is 10.4. The predicted octanol–water partition coefficient (Wildman–Crippen LogP) is 2.03. The zero-order valence-electron chi connectivity index (χ0n) is 13.4. The van der Waals surface area contributed by atoms with E-state index in [1.807, 2.05) is 30.3 Å². The minimum atomic E-state index is 0.545. The van der Waals surface area contributed by atoms with E-state index in [9.17, 15) is 4.79 Å². The van der Waals surface area contributed by atoms with E-state index in [0.29, 0.717) is 31.4 Å². The third-order valence-electron chi connectivity index (χ3n) is 3.32. The lowest BCUT2D eigenvalue weighted by Crippen LogP contribution is -2.16. The van der Waals surface area contributed by atoms with Crippen LogP contribution in [0.15, 0.2) is 55.0 Å². The van der Waals surface area contributed by atoms with Gasteiger partial charge in [-0.2, -0.15) is 0 Å². The third-order valence-corrected chi connectivity index (χ3v) is 3.32. The number of nitrogens with zero attached hydrogens (tertiary/aromatic N) is 4. The molecule has 0 aliphatic heterocycles. The van der Waals surface area contributed by atoms with Gasteiger partial charge >= 0.3 is 0 Å². The van der Waals surface area contributed by atoms with Crippen LogP contribution in [-0.4, -0.2) is 39.4 Å². The minimum Gasteiger partial charge on any atom is -0.352 e. The first-order valence-corrected chi connectivity index (χ1v) is 7.73. The van der Waals surface area contributed by atoms with Crippen LogP contribution in [0.3, 0.4) is 0 Å². The van der Waals surface area contributed by atoms with Crippen LogP contribution in [0.5, 0.6) is 0 Å². The lowest BCUT2D eigenvalue weighted by molar-refractivity contribution is -0.105. The molecule has 1 amide bonds. The number of carbonyl (C=O) groups excluding carboxylic acids is 1. The highest BCUT2D eigenvalue weighted by Gasteiger charge is 2.02. The molecule has 0 fully saturated rings. The van der Waals surface area contributed by atoms with Gasteiger partial charge < -0.3 is 16.0 Å². The largest absolute Gasteiger partial charge is 0.352 e. The Hall–Kier alpha value is -3.55. The van der Waals surface area contributed by atoms with Crippen molar-refractivity contribution in [2.45, 2.75) is 0 Å². The average molecular weight is 335 g/mol. The molecule has 0 unspecified atom stereocenters. The summed E-state index contributed by atoms with van der Waals surface area (Å²) in [6.07, 6.45) is 5.72. The summed E-state index contributed by atoms with van der Waals surface area (Å²) in [6, 6.07) is 11.0. The summed E-state index contributed by atoms with van der Waals surface area (Å²) in [6.45, 7) is 1.27. The van der Waals surface area contributed by atoms with E-state index in [4.69, 9.17) is 0 Å². The second-order valence-electron chi connectivity index (χ2n) is 5.03. The summed E-state index contributed by atoms with van der Waals surface area (Å²) in [4.78, 5) is 27.3. The summed E-state index contributed by atoms with van der Waals surface area (Å²) < 4.78 is 0. The van der Waals surface area contributed by atoms with E-state index < -0.39 is 0 Å². The molecule has 126 valence electrons. The van der Waals surface area contributed by atoms with Gasteiger partial charge in [-0.05, 0) is 24.3 Å². The van der Waals surface area contributed by atoms with Gasteiger partial charge in [-0.15, -0.1) is 0 Å². The summed E-state index contributed by atoms with van der Waals surface area (Å²) >= 11 is 0. The molecular formula is C17H17N7O. The fourth-order valence-electron chi connectivity index (χ4n) is 2.15. The quantitative estimate of drug-likeness (QED) is 0.427. The van der Waals surface area contributed by atoms with E-state index in [0.717, 1.165) is 16.9 Å². The van der Waals surface area contributed by atoms with Crippen molar-refractivity contribution < 1.29 is 4.79 Å². The van der Waals surface area contributed by atoms with Crippen molar-refractivity contribution in [3.05, 3.63) is 55.0 Å². The molecule has 3 N–H and O–H groups in total. The van der Waals surface area contributed by atoms with Gasteiger partial charge in [0.25, 0.3) is 0 Å². The van der Waals surface area contributed by atoms with Crippen LogP contribution in [0.1, 0.15) is 0 Å². The number of hydrogen-bond acceptors (Lipinski definition) is 7. The van der Waals surface area contributed by atoms with Gasteiger partial charge in [0.1, 0.15) is 0 Å². The molecule has 0 bridgehead atoms. The first-order valence-electron chi connectivity index (χ1n) is 7.73. The van der Waals surface area contributed by atoms with E-state index in [-0.39, 0.29) is 0 Å². The maximum Gasteiger partial charge on any atom is 0.223 e. The number of hydrogen-bond donors (Lipinski definition) is 3. The van der Waals surface area contributed by atoms with Crippen molar-refractivity contribution >= 4 is 24.0 Å². The summed E-state index contributed by atoms with van der Waals surface area (Å²) in [7, 11) is 0. The second kappa shape index (κ2) is 8.34. The Balaban J connectivity index is 1.56. The highest BCUT2D eigenvalue weighted by Crippen LogP contribution is 2.19. The van der Waals surface area contributed by atoms with Crippen molar-refractivity contribution in [2.24, 2.45) is 0 Å². The van der Waals surface area contributed by atoms with Crippen molar-refractivity contribution in [3.63, 3.8) is 0 Å². The Bertz CT molecular complexity index is 809. The fourth-order valence-corrected chi connectivity index (χ4v) is 2.15. The molecule has 0 atom stereocenters. The van der Waals surface area contributed by atoms with Gasteiger partial charge in [-0.1, -0.05) is 12.1 Å². The molecule has 8 nitrogen and oxygen atoms in total. The van der Waals surface area contributed by atoms with Crippen molar-refractivity contribution in [3.8, 4) is 11.3 Å². The number of nitrogens with one attached hydrogen (secondary N) is 3. The molecule has 2 heterocycles. The van der Waals surface area contributed by atoms with Crippen LogP contribution in [0, 0.1) is 0 Å². The van der Waals surface area contributed by atoms with Crippen LogP contribution in [0.4, 0.5) is 17.6 Å². The first-order chi connectivity index (χ1) is 12.3. The molecular weight excluding hydrogens is 318 g/mol. The molecule has 0 saturated carbocycles. The highest BCUT2D eigenvalue weighted by atomic mass is 16.1. The Morgan fingerprint density at radius 1 is 0.840 bits per heavy atom. The molecule has 0 aliphatic carbocycles.